The van der Waals surface area contributed by atoms with Crippen LogP contribution in [-0.4, -0.2) is 30.6 Å². The highest BCUT2D eigenvalue weighted by Crippen LogP contribution is 2.29. The summed E-state index contributed by atoms with van der Waals surface area (Å²) in [5.41, 5.74) is 1.99. The molecule has 0 saturated carbocycles. The predicted molar refractivity (Wildman–Crippen MR) is 111 cm³/mol. The molecule has 0 atom stereocenters. The topological polar surface area (TPSA) is 32.3 Å². The quantitative estimate of drug-likeness (QED) is 0.628. The van der Waals surface area contributed by atoms with Gasteiger partial charge in [-0.1, -0.05) is 62.3 Å². The Hall–Kier alpha value is -1.92. The number of urea groups is 1. The lowest BCUT2D eigenvalue weighted by molar-refractivity contribution is 0.199. The number of hydrogen-bond donors (Lipinski definition) is 1. The van der Waals surface area contributed by atoms with Crippen molar-refractivity contribution in [3.05, 3.63) is 46.5 Å². The number of carbonyl (C=O) groups is 1. The summed E-state index contributed by atoms with van der Waals surface area (Å²) in [7, 11) is 0. The Kier molecular flexibility index (Phi) is 9.30. The van der Waals surface area contributed by atoms with Gasteiger partial charge in [0.25, 0.3) is 0 Å². The first-order valence-corrected chi connectivity index (χ1v) is 9.71. The molecule has 26 heavy (non-hydrogen) atoms. The van der Waals surface area contributed by atoms with E-state index in [0.29, 0.717) is 24.7 Å². The van der Waals surface area contributed by atoms with E-state index in [2.05, 4.69) is 37.9 Å². The molecule has 1 rings (SSSR count). The minimum Gasteiger partial charge on any atom is -0.337 e. The van der Waals surface area contributed by atoms with E-state index < -0.39 is 0 Å². The second kappa shape index (κ2) is 10.9. The summed E-state index contributed by atoms with van der Waals surface area (Å²) in [5.74, 6) is 6.30. The van der Waals surface area contributed by atoms with Gasteiger partial charge in [0.05, 0.1) is 0 Å². The van der Waals surface area contributed by atoms with Crippen LogP contribution in [0.5, 0.6) is 0 Å². The molecule has 0 bridgehead atoms. The second-order valence-electron chi connectivity index (χ2n) is 6.91. The number of amides is 2. The Morgan fingerprint density at radius 2 is 1.96 bits per heavy atom. The predicted octanol–water partition coefficient (Wildman–Crippen LogP) is 5.50. The first-order chi connectivity index (χ1) is 12.3. The van der Waals surface area contributed by atoms with Crippen LogP contribution in [0.15, 0.2) is 35.9 Å². The van der Waals surface area contributed by atoms with Gasteiger partial charge in [0.1, 0.15) is 0 Å². The third-order valence-corrected chi connectivity index (χ3v) is 4.64. The molecule has 0 saturated heterocycles. The average Bonchev–Trinajstić information content (AvgIpc) is 2.60. The van der Waals surface area contributed by atoms with E-state index in [4.69, 9.17) is 11.6 Å². The number of nitrogens with one attached hydrogen (secondary N) is 1. The molecule has 0 spiro atoms. The van der Waals surface area contributed by atoms with Gasteiger partial charge in [-0.15, -0.1) is 0 Å². The van der Waals surface area contributed by atoms with Crippen molar-refractivity contribution in [2.75, 3.05) is 19.6 Å². The van der Waals surface area contributed by atoms with E-state index in [1.807, 2.05) is 44.2 Å². The number of allylic oxidation sites excluding steroid dienone is 1. The molecule has 0 fully saturated rings. The third-order valence-electron chi connectivity index (χ3n) is 4.41. The molecule has 1 N–H and O–H groups in total. The van der Waals surface area contributed by atoms with E-state index in [0.717, 1.165) is 18.4 Å². The Bertz CT molecular complexity index is 679. The van der Waals surface area contributed by atoms with Gasteiger partial charge in [-0.3, -0.25) is 0 Å². The molecule has 2 amide bonds. The van der Waals surface area contributed by atoms with Crippen molar-refractivity contribution in [3.8, 4) is 11.8 Å². The number of rotatable bonds is 7. The molecule has 0 heterocycles. The zero-order chi connectivity index (χ0) is 19.6. The van der Waals surface area contributed by atoms with Gasteiger partial charge in [0.15, 0.2) is 0 Å². The lowest BCUT2D eigenvalue weighted by Crippen LogP contribution is -2.43. The number of hydrogen-bond acceptors (Lipinski definition) is 1. The summed E-state index contributed by atoms with van der Waals surface area (Å²) in [6, 6.07) is 7.53. The van der Waals surface area contributed by atoms with E-state index in [-0.39, 0.29) is 11.4 Å². The van der Waals surface area contributed by atoms with Crippen LogP contribution < -0.4 is 5.32 Å². The highest BCUT2D eigenvalue weighted by Gasteiger charge is 2.24. The molecule has 0 aliphatic heterocycles. The molecule has 0 aliphatic carbocycles. The standard InChI is InChI=1S/C22H31ClN2O/c1-6-11-19(14-9-12-18-13-10-15-20(23)16-18)22(4,5)17-24-21(26)25(7-2)8-3/h10,13-16H,6-8,11,17H2,1-5H3,(H,24,26)/b19-14+. The van der Waals surface area contributed by atoms with E-state index in [9.17, 15) is 4.79 Å². The van der Waals surface area contributed by atoms with Crippen molar-refractivity contribution in [2.24, 2.45) is 5.41 Å². The van der Waals surface area contributed by atoms with Crippen LogP contribution in [0.3, 0.4) is 0 Å². The Balaban J connectivity index is 2.87. The first kappa shape index (κ1) is 22.1. The third kappa shape index (κ3) is 7.14. The maximum absolute atomic E-state index is 12.2. The highest BCUT2D eigenvalue weighted by atomic mass is 35.5. The molecule has 0 aliphatic rings. The van der Waals surface area contributed by atoms with Gasteiger partial charge in [0.2, 0.25) is 0 Å². The van der Waals surface area contributed by atoms with Crippen LogP contribution in [0.4, 0.5) is 4.79 Å². The lowest BCUT2D eigenvalue weighted by Gasteiger charge is -2.29. The largest absolute Gasteiger partial charge is 0.337 e. The Labute approximate surface area is 163 Å². The van der Waals surface area contributed by atoms with Crippen molar-refractivity contribution in [2.45, 2.75) is 47.5 Å². The summed E-state index contributed by atoms with van der Waals surface area (Å²) in [6.07, 6.45) is 3.99. The van der Waals surface area contributed by atoms with Crippen LogP contribution in [0.25, 0.3) is 0 Å². The summed E-state index contributed by atoms with van der Waals surface area (Å²) in [6.45, 7) is 12.5. The van der Waals surface area contributed by atoms with Gasteiger partial charge in [-0.2, -0.15) is 0 Å². The van der Waals surface area contributed by atoms with Crippen molar-refractivity contribution in [1.82, 2.24) is 10.2 Å². The summed E-state index contributed by atoms with van der Waals surface area (Å²) < 4.78 is 0. The lowest BCUT2D eigenvalue weighted by atomic mass is 9.81. The normalized spacial score (nSPS) is 11.5. The van der Waals surface area contributed by atoms with Crippen LogP contribution >= 0.6 is 11.6 Å². The molecule has 0 aromatic heterocycles. The molecular weight excluding hydrogens is 344 g/mol. The minimum absolute atomic E-state index is 0.0102. The van der Waals surface area contributed by atoms with Crippen molar-refractivity contribution in [3.63, 3.8) is 0 Å². The average molecular weight is 375 g/mol. The molecule has 142 valence electrons. The fraction of sp³-hybridized carbons (Fsp3) is 0.500. The fourth-order valence-corrected chi connectivity index (χ4v) is 2.87. The van der Waals surface area contributed by atoms with Crippen molar-refractivity contribution >= 4 is 17.6 Å². The van der Waals surface area contributed by atoms with E-state index in [1.54, 1.807) is 4.90 Å². The van der Waals surface area contributed by atoms with Crippen molar-refractivity contribution < 1.29 is 4.79 Å². The molecule has 0 radical (unpaired) electrons. The summed E-state index contributed by atoms with van der Waals surface area (Å²) >= 11 is 6.00. The maximum atomic E-state index is 12.2. The zero-order valence-corrected chi connectivity index (χ0v) is 17.4. The number of halogens is 1. The fourth-order valence-electron chi connectivity index (χ4n) is 2.68. The van der Waals surface area contributed by atoms with E-state index in [1.165, 1.54) is 5.57 Å². The molecule has 0 unspecified atom stereocenters. The van der Waals surface area contributed by atoms with Gasteiger partial charge < -0.3 is 10.2 Å². The summed E-state index contributed by atoms with van der Waals surface area (Å²) in [5, 5.41) is 3.75. The first-order valence-electron chi connectivity index (χ1n) is 9.33. The van der Waals surface area contributed by atoms with Gasteiger partial charge >= 0.3 is 6.03 Å². The maximum Gasteiger partial charge on any atom is 0.317 e. The smallest absolute Gasteiger partial charge is 0.317 e. The monoisotopic (exact) mass is 374 g/mol. The summed E-state index contributed by atoms with van der Waals surface area (Å²) in [4.78, 5) is 14.0. The number of carbonyl (C=O) groups excluding carboxylic acids is 1. The van der Waals surface area contributed by atoms with Gasteiger partial charge in [-0.25, -0.2) is 4.79 Å². The molecule has 1 aromatic rings. The van der Waals surface area contributed by atoms with Crippen LogP contribution in [0.1, 0.15) is 53.0 Å². The molecule has 1 aromatic carbocycles. The molecular formula is C22H31ClN2O. The van der Waals surface area contributed by atoms with E-state index >= 15 is 0 Å². The minimum atomic E-state index is -0.151. The van der Waals surface area contributed by atoms with Crippen LogP contribution in [0.2, 0.25) is 5.02 Å². The zero-order valence-electron chi connectivity index (χ0n) is 16.7. The number of benzene rings is 1. The van der Waals surface area contributed by atoms with Crippen molar-refractivity contribution in [1.29, 1.82) is 0 Å². The molecule has 4 heteroatoms. The highest BCUT2D eigenvalue weighted by molar-refractivity contribution is 6.30. The number of nitrogens with zero attached hydrogens (tertiary/aromatic N) is 1. The second-order valence-corrected chi connectivity index (χ2v) is 7.35. The Morgan fingerprint density at radius 1 is 1.27 bits per heavy atom. The van der Waals surface area contributed by atoms with Gasteiger partial charge in [-0.05, 0) is 44.5 Å². The molecule has 3 nitrogen and oxygen atoms in total. The van der Waals surface area contributed by atoms with Crippen LogP contribution in [0, 0.1) is 17.3 Å². The van der Waals surface area contributed by atoms with Gasteiger partial charge in [0, 0.05) is 35.6 Å². The van der Waals surface area contributed by atoms with Crippen LogP contribution in [-0.2, 0) is 0 Å². The SMILES string of the molecule is CCC/C(=C\C#Cc1cccc(Cl)c1)C(C)(C)CNC(=O)N(CC)CC. The Morgan fingerprint density at radius 3 is 2.54 bits per heavy atom.